The minimum Gasteiger partial charge on any atom is -0.307 e. The molecule has 9 heteroatoms. The maximum Gasteiger partial charge on any atom is 0.417 e. The zero-order valence-electron chi connectivity index (χ0n) is 25.8. The molecule has 8 rings (SSSR count). The summed E-state index contributed by atoms with van der Waals surface area (Å²) >= 11 is 0. The standard InChI is InChI=1S/C41H19F3N6/c42-41(43,44)34-17-26(22-47)9-12-28(34)31-19-40(50-36-8-4-2-6-30(36)33-16-25(21-46)11-14-38(33)50)39(18-27(31)23-48)49-35-7-3-1-5-29(35)32-15-24(20-45)10-13-37(32)49/h1-19H. The monoisotopic (exact) mass is 652 g/mol. The molecule has 8 aromatic rings. The van der Waals surface area contributed by atoms with Gasteiger partial charge in [-0.3, -0.25) is 0 Å². The summed E-state index contributed by atoms with van der Waals surface area (Å²) in [6, 6.07) is 40.6. The molecule has 0 saturated carbocycles. The molecule has 0 aliphatic rings. The smallest absolute Gasteiger partial charge is 0.307 e. The van der Waals surface area contributed by atoms with E-state index in [-0.39, 0.29) is 22.3 Å². The van der Waals surface area contributed by atoms with Crippen molar-refractivity contribution < 1.29 is 13.2 Å². The van der Waals surface area contributed by atoms with Gasteiger partial charge in [-0.25, -0.2) is 0 Å². The predicted molar refractivity (Wildman–Crippen MR) is 184 cm³/mol. The number of aromatic nitrogens is 2. The lowest BCUT2D eigenvalue weighted by atomic mass is 9.92. The predicted octanol–water partition coefficient (Wildman–Crippen LogP) is 10.1. The van der Waals surface area contributed by atoms with Gasteiger partial charge in [0.2, 0.25) is 0 Å². The van der Waals surface area contributed by atoms with Gasteiger partial charge in [-0.2, -0.15) is 34.2 Å². The van der Waals surface area contributed by atoms with E-state index in [0.717, 1.165) is 44.2 Å². The van der Waals surface area contributed by atoms with Gasteiger partial charge in [0, 0.05) is 27.1 Å². The van der Waals surface area contributed by atoms with Gasteiger partial charge in [0.05, 0.1) is 85.5 Å². The first-order valence-corrected chi connectivity index (χ1v) is 15.3. The van der Waals surface area contributed by atoms with E-state index in [0.29, 0.717) is 28.0 Å². The van der Waals surface area contributed by atoms with Crippen molar-refractivity contribution in [2.45, 2.75) is 6.18 Å². The van der Waals surface area contributed by atoms with Crippen molar-refractivity contribution in [2.75, 3.05) is 0 Å². The molecule has 0 aliphatic heterocycles. The van der Waals surface area contributed by atoms with E-state index >= 15 is 0 Å². The van der Waals surface area contributed by atoms with E-state index in [4.69, 9.17) is 0 Å². The number of benzene rings is 6. The van der Waals surface area contributed by atoms with Crippen molar-refractivity contribution in [1.82, 2.24) is 9.13 Å². The van der Waals surface area contributed by atoms with Gasteiger partial charge in [-0.1, -0.05) is 42.5 Å². The van der Waals surface area contributed by atoms with Gasteiger partial charge in [0.1, 0.15) is 0 Å². The Balaban J connectivity index is 1.58. The second kappa shape index (κ2) is 11.1. The van der Waals surface area contributed by atoms with Crippen LogP contribution >= 0.6 is 0 Å². The van der Waals surface area contributed by atoms with Crippen molar-refractivity contribution in [2.24, 2.45) is 0 Å². The Hall–Kier alpha value is -7.33. The highest BCUT2D eigenvalue weighted by atomic mass is 19.4. The molecule has 0 unspecified atom stereocenters. The largest absolute Gasteiger partial charge is 0.417 e. The average Bonchev–Trinajstić information content (AvgIpc) is 3.65. The molecule has 0 N–H and O–H groups in total. The first kappa shape index (κ1) is 30.0. The zero-order valence-corrected chi connectivity index (χ0v) is 25.8. The van der Waals surface area contributed by atoms with Crippen LogP contribution in [0.2, 0.25) is 0 Å². The molecule has 2 heterocycles. The van der Waals surface area contributed by atoms with Crippen molar-refractivity contribution in [1.29, 1.82) is 21.0 Å². The lowest BCUT2D eigenvalue weighted by molar-refractivity contribution is -0.137. The maximum absolute atomic E-state index is 14.6. The fourth-order valence-electron chi connectivity index (χ4n) is 6.94. The van der Waals surface area contributed by atoms with Crippen LogP contribution in [-0.2, 0) is 6.18 Å². The molecule has 0 radical (unpaired) electrons. The first-order chi connectivity index (χ1) is 24.2. The van der Waals surface area contributed by atoms with Crippen molar-refractivity contribution in [3.63, 3.8) is 0 Å². The molecule has 234 valence electrons. The second-order valence-corrected chi connectivity index (χ2v) is 11.8. The SMILES string of the molecule is N#Cc1ccc(-c2cc(-n3c4ccccc4c4cc(C#N)ccc43)c(-n3c4ccccc4c4cc(C#N)ccc43)cc2C#N)c(C(F)(F)F)c1. The first-order valence-electron chi connectivity index (χ1n) is 15.3. The molecule has 50 heavy (non-hydrogen) atoms. The quantitative estimate of drug-likeness (QED) is 0.189. The Morgan fingerprint density at radius 3 is 1.40 bits per heavy atom. The highest BCUT2D eigenvalue weighted by Gasteiger charge is 2.35. The van der Waals surface area contributed by atoms with Gasteiger partial charge in [-0.15, -0.1) is 0 Å². The number of nitriles is 4. The number of nitrogens with zero attached hydrogens (tertiary/aromatic N) is 6. The summed E-state index contributed by atoms with van der Waals surface area (Å²) in [7, 11) is 0. The van der Waals surface area contributed by atoms with E-state index in [1.165, 1.54) is 12.1 Å². The minimum absolute atomic E-state index is 0.00827. The second-order valence-electron chi connectivity index (χ2n) is 11.8. The number of fused-ring (bicyclic) bond motifs is 6. The fourth-order valence-corrected chi connectivity index (χ4v) is 6.94. The number of alkyl halides is 3. The normalized spacial score (nSPS) is 11.4. The summed E-state index contributed by atoms with van der Waals surface area (Å²) < 4.78 is 47.7. The van der Waals surface area contributed by atoms with Crippen LogP contribution in [0.5, 0.6) is 0 Å². The average molecular weight is 653 g/mol. The Labute approximate surface area is 282 Å². The Bertz CT molecular complexity index is 2920. The number of rotatable bonds is 3. The van der Waals surface area contributed by atoms with Crippen LogP contribution < -0.4 is 0 Å². The Morgan fingerprint density at radius 1 is 0.440 bits per heavy atom. The van der Waals surface area contributed by atoms with Crippen molar-refractivity contribution in [3.05, 3.63) is 143 Å². The molecule has 0 amide bonds. The van der Waals surface area contributed by atoms with Crippen LogP contribution in [0.15, 0.2) is 115 Å². The molecule has 0 aliphatic carbocycles. The Morgan fingerprint density at radius 2 is 0.900 bits per heavy atom. The topological polar surface area (TPSA) is 105 Å². The third-order valence-corrected chi connectivity index (χ3v) is 9.06. The summed E-state index contributed by atoms with van der Waals surface area (Å²) in [5.74, 6) is 0. The van der Waals surface area contributed by atoms with E-state index in [1.807, 2.05) is 69.8 Å². The summed E-state index contributed by atoms with van der Waals surface area (Å²) in [6.07, 6.45) is -4.82. The number of hydrogen-bond acceptors (Lipinski definition) is 4. The summed E-state index contributed by atoms with van der Waals surface area (Å²) in [6.45, 7) is 0. The minimum atomic E-state index is -4.82. The molecule has 0 spiro atoms. The Kier molecular flexibility index (Phi) is 6.69. The van der Waals surface area contributed by atoms with E-state index in [9.17, 15) is 34.2 Å². The van der Waals surface area contributed by atoms with Gasteiger partial charge >= 0.3 is 6.18 Å². The molecule has 0 bridgehead atoms. The summed E-state index contributed by atoms with van der Waals surface area (Å²) in [5.41, 5.74) is 3.41. The van der Waals surface area contributed by atoms with Gasteiger partial charge < -0.3 is 9.13 Å². The van der Waals surface area contributed by atoms with Crippen LogP contribution in [0.25, 0.3) is 66.1 Å². The van der Waals surface area contributed by atoms with Gasteiger partial charge in [0.25, 0.3) is 0 Å². The summed E-state index contributed by atoms with van der Waals surface area (Å²) in [4.78, 5) is 0. The van der Waals surface area contributed by atoms with Gasteiger partial charge in [0.15, 0.2) is 0 Å². The lowest BCUT2D eigenvalue weighted by Gasteiger charge is -2.21. The zero-order chi connectivity index (χ0) is 34.7. The van der Waals surface area contributed by atoms with Crippen LogP contribution in [0.1, 0.15) is 27.8 Å². The molecule has 6 aromatic carbocycles. The molecule has 6 nitrogen and oxygen atoms in total. The van der Waals surface area contributed by atoms with E-state index in [2.05, 4.69) is 18.2 Å². The van der Waals surface area contributed by atoms with Crippen LogP contribution in [0.3, 0.4) is 0 Å². The summed E-state index contributed by atoms with van der Waals surface area (Å²) in [5, 5.41) is 42.6. The molecular formula is C41H19F3N6. The lowest BCUT2D eigenvalue weighted by Crippen LogP contribution is -2.10. The highest BCUT2D eigenvalue weighted by molar-refractivity contribution is 6.12. The van der Waals surface area contributed by atoms with Crippen molar-refractivity contribution >= 4 is 43.6 Å². The molecule has 0 atom stereocenters. The number of para-hydroxylation sites is 2. The maximum atomic E-state index is 14.6. The highest BCUT2D eigenvalue weighted by Crippen LogP contribution is 2.44. The third kappa shape index (κ3) is 4.47. The fraction of sp³-hybridized carbons (Fsp3) is 0.0244. The van der Waals surface area contributed by atoms with Crippen LogP contribution in [-0.4, -0.2) is 9.13 Å². The number of halogens is 3. The molecule has 0 fully saturated rings. The van der Waals surface area contributed by atoms with Crippen LogP contribution in [0.4, 0.5) is 13.2 Å². The number of hydrogen-bond donors (Lipinski definition) is 0. The van der Waals surface area contributed by atoms with E-state index < -0.39 is 11.7 Å². The van der Waals surface area contributed by atoms with Gasteiger partial charge in [-0.05, 0) is 78.4 Å². The van der Waals surface area contributed by atoms with E-state index in [1.54, 1.807) is 42.5 Å². The molecular weight excluding hydrogens is 633 g/mol. The van der Waals surface area contributed by atoms with Crippen molar-refractivity contribution in [3.8, 4) is 46.8 Å². The molecule has 0 saturated heterocycles. The third-order valence-electron chi connectivity index (χ3n) is 9.06. The van der Waals surface area contributed by atoms with Crippen LogP contribution in [0, 0.1) is 45.3 Å². The molecule has 2 aromatic heterocycles.